The number of hydrogen-bond donors (Lipinski definition) is 1. The monoisotopic (exact) mass is 361 g/mol. The van der Waals surface area contributed by atoms with E-state index in [9.17, 15) is 9.59 Å². The summed E-state index contributed by atoms with van der Waals surface area (Å²) in [5, 5.41) is 0. The van der Waals surface area contributed by atoms with Gasteiger partial charge in [-0.15, -0.1) is 0 Å². The van der Waals surface area contributed by atoms with E-state index in [-0.39, 0.29) is 11.7 Å². The number of Topliss-reactive ketones (excluding diaryl/α,β-unsaturated/α-hetero) is 1. The van der Waals surface area contributed by atoms with Gasteiger partial charge < -0.3 is 14.6 Å². The number of aryl methyl sites for hydroxylation is 1. The van der Waals surface area contributed by atoms with Crippen LogP contribution in [0.15, 0.2) is 42.5 Å². The minimum atomic E-state index is -0.615. The van der Waals surface area contributed by atoms with Crippen molar-refractivity contribution in [1.82, 2.24) is 14.9 Å². The lowest BCUT2D eigenvalue weighted by Crippen LogP contribution is -2.45. The number of carbonyl (C=O) groups is 2. The molecule has 0 bridgehead atoms. The van der Waals surface area contributed by atoms with Crippen LogP contribution >= 0.6 is 0 Å². The lowest BCUT2D eigenvalue weighted by molar-refractivity contribution is 0.0428. The third kappa shape index (κ3) is 2.60. The average Bonchev–Trinajstić information content (AvgIpc) is 3.23. The summed E-state index contributed by atoms with van der Waals surface area (Å²) in [6.07, 6.45) is 0.969. The number of imidazole rings is 1. The van der Waals surface area contributed by atoms with E-state index in [0.29, 0.717) is 42.8 Å². The standard InChI is InChI=1S/C21H19N3O3/c1-13-22-16-7-6-14(10-17(16)23-13)20(26)24-9-8-21(12-24)11-18(25)15-4-2-3-5-19(15)27-21/h2-7,10H,8-9,11-12H2,1H3,(H,22,23)/t21-/m1/s1. The Morgan fingerprint density at radius 3 is 3.00 bits per heavy atom. The second kappa shape index (κ2) is 5.67. The zero-order valence-electron chi connectivity index (χ0n) is 15.0. The Morgan fingerprint density at radius 2 is 2.11 bits per heavy atom. The number of benzene rings is 2. The van der Waals surface area contributed by atoms with E-state index in [1.54, 1.807) is 17.0 Å². The number of aromatic nitrogens is 2. The lowest BCUT2D eigenvalue weighted by Gasteiger charge is -2.34. The van der Waals surface area contributed by atoms with E-state index in [2.05, 4.69) is 9.97 Å². The molecule has 1 atom stereocenters. The van der Waals surface area contributed by atoms with Crippen molar-refractivity contribution >= 4 is 22.7 Å². The molecule has 3 heterocycles. The molecular formula is C21H19N3O3. The molecule has 0 unspecified atom stereocenters. The molecule has 1 fully saturated rings. The van der Waals surface area contributed by atoms with Gasteiger partial charge in [-0.25, -0.2) is 4.98 Å². The fourth-order valence-corrected chi connectivity index (χ4v) is 4.14. The van der Waals surface area contributed by atoms with Gasteiger partial charge in [-0.05, 0) is 37.3 Å². The number of ether oxygens (including phenoxy) is 1. The number of amides is 1. The first-order valence-corrected chi connectivity index (χ1v) is 9.10. The van der Waals surface area contributed by atoms with E-state index in [1.807, 2.05) is 37.3 Å². The highest BCUT2D eigenvalue weighted by Gasteiger charge is 2.47. The number of H-pyrrole nitrogens is 1. The number of rotatable bonds is 1. The Balaban J connectivity index is 1.40. The largest absolute Gasteiger partial charge is 0.484 e. The molecule has 136 valence electrons. The lowest BCUT2D eigenvalue weighted by atomic mass is 9.89. The first-order chi connectivity index (χ1) is 13.0. The second-order valence-electron chi connectivity index (χ2n) is 7.41. The average molecular weight is 361 g/mol. The Labute approximate surface area is 156 Å². The fourth-order valence-electron chi connectivity index (χ4n) is 4.14. The van der Waals surface area contributed by atoms with Gasteiger partial charge in [0.15, 0.2) is 5.78 Å². The predicted molar refractivity (Wildman–Crippen MR) is 100 cm³/mol. The van der Waals surface area contributed by atoms with Crippen molar-refractivity contribution in [1.29, 1.82) is 0 Å². The first kappa shape index (κ1) is 16.1. The van der Waals surface area contributed by atoms with Gasteiger partial charge in [-0.1, -0.05) is 12.1 Å². The van der Waals surface area contributed by atoms with E-state index in [0.717, 1.165) is 16.9 Å². The maximum Gasteiger partial charge on any atom is 0.254 e. The second-order valence-corrected chi connectivity index (χ2v) is 7.41. The number of hydrogen-bond acceptors (Lipinski definition) is 4. The van der Waals surface area contributed by atoms with Gasteiger partial charge in [0, 0.05) is 18.5 Å². The molecule has 2 aromatic carbocycles. The number of carbonyl (C=O) groups excluding carboxylic acids is 2. The molecule has 2 aliphatic heterocycles. The molecule has 6 heteroatoms. The van der Waals surface area contributed by atoms with Gasteiger partial charge in [-0.3, -0.25) is 9.59 Å². The van der Waals surface area contributed by atoms with Crippen LogP contribution in [0, 0.1) is 6.92 Å². The predicted octanol–water partition coefficient (Wildman–Crippen LogP) is 3.12. The number of aromatic amines is 1. The highest BCUT2D eigenvalue weighted by molar-refractivity contribution is 6.01. The normalized spacial score (nSPS) is 21.5. The summed E-state index contributed by atoms with van der Waals surface area (Å²) in [6.45, 7) is 2.89. The van der Waals surface area contributed by atoms with E-state index >= 15 is 0 Å². The number of para-hydroxylation sites is 1. The number of ketones is 1. The summed E-state index contributed by atoms with van der Waals surface area (Å²) in [6, 6.07) is 12.8. The molecule has 2 aliphatic rings. The summed E-state index contributed by atoms with van der Waals surface area (Å²) in [5.41, 5.74) is 2.33. The van der Waals surface area contributed by atoms with Crippen molar-refractivity contribution in [3.05, 3.63) is 59.4 Å². The topological polar surface area (TPSA) is 75.3 Å². The van der Waals surface area contributed by atoms with Crippen LogP contribution < -0.4 is 4.74 Å². The summed E-state index contributed by atoms with van der Waals surface area (Å²) < 4.78 is 6.21. The minimum absolute atomic E-state index is 0.0454. The Hall–Kier alpha value is -3.15. The molecular weight excluding hydrogens is 342 g/mol. The molecule has 1 amide bonds. The number of nitrogens with zero attached hydrogens (tertiary/aromatic N) is 2. The van der Waals surface area contributed by atoms with Crippen LogP contribution in [-0.2, 0) is 0 Å². The van der Waals surface area contributed by atoms with Crippen LogP contribution in [-0.4, -0.2) is 45.2 Å². The van der Waals surface area contributed by atoms with Crippen molar-refractivity contribution in [2.75, 3.05) is 13.1 Å². The van der Waals surface area contributed by atoms with Gasteiger partial charge >= 0.3 is 0 Å². The minimum Gasteiger partial charge on any atom is -0.484 e. The molecule has 27 heavy (non-hydrogen) atoms. The summed E-state index contributed by atoms with van der Waals surface area (Å²) in [4.78, 5) is 34.9. The maximum atomic E-state index is 13.0. The van der Waals surface area contributed by atoms with Crippen molar-refractivity contribution in [3.63, 3.8) is 0 Å². The fraction of sp³-hybridized carbons (Fsp3) is 0.286. The molecule has 0 aliphatic carbocycles. The molecule has 1 saturated heterocycles. The molecule has 0 radical (unpaired) electrons. The molecule has 3 aromatic rings. The van der Waals surface area contributed by atoms with Crippen molar-refractivity contribution in [2.45, 2.75) is 25.4 Å². The van der Waals surface area contributed by atoms with Crippen LogP contribution in [0.5, 0.6) is 5.75 Å². The highest BCUT2D eigenvalue weighted by Crippen LogP contribution is 2.39. The summed E-state index contributed by atoms with van der Waals surface area (Å²) in [7, 11) is 0. The van der Waals surface area contributed by atoms with E-state index < -0.39 is 5.60 Å². The van der Waals surface area contributed by atoms with Crippen LogP contribution in [0.25, 0.3) is 11.0 Å². The Bertz CT molecular complexity index is 1090. The van der Waals surface area contributed by atoms with Gasteiger partial charge in [0.2, 0.25) is 0 Å². The maximum absolute atomic E-state index is 13.0. The number of likely N-dealkylation sites (tertiary alicyclic amines) is 1. The molecule has 6 nitrogen and oxygen atoms in total. The van der Waals surface area contributed by atoms with Crippen molar-refractivity contribution < 1.29 is 14.3 Å². The quantitative estimate of drug-likeness (QED) is 0.723. The van der Waals surface area contributed by atoms with Crippen molar-refractivity contribution in [2.24, 2.45) is 0 Å². The van der Waals surface area contributed by atoms with Gasteiger partial charge in [0.25, 0.3) is 5.91 Å². The molecule has 1 spiro atoms. The summed E-state index contributed by atoms with van der Waals surface area (Å²) >= 11 is 0. The third-order valence-corrected chi connectivity index (χ3v) is 5.45. The Morgan fingerprint density at radius 1 is 1.26 bits per heavy atom. The van der Waals surface area contributed by atoms with E-state index in [1.165, 1.54) is 0 Å². The van der Waals surface area contributed by atoms with Crippen LogP contribution in [0.2, 0.25) is 0 Å². The molecule has 5 rings (SSSR count). The SMILES string of the molecule is Cc1nc2ccc(C(=O)N3CC[C@@]4(CC(=O)c5ccccc5O4)C3)cc2[nH]1. The third-order valence-electron chi connectivity index (χ3n) is 5.45. The molecule has 0 saturated carbocycles. The van der Waals surface area contributed by atoms with Crippen molar-refractivity contribution in [3.8, 4) is 5.75 Å². The zero-order valence-corrected chi connectivity index (χ0v) is 15.0. The number of nitrogens with one attached hydrogen (secondary N) is 1. The van der Waals surface area contributed by atoms with Gasteiger partial charge in [0.05, 0.1) is 29.6 Å². The first-order valence-electron chi connectivity index (χ1n) is 9.10. The van der Waals surface area contributed by atoms with E-state index in [4.69, 9.17) is 4.74 Å². The number of fused-ring (bicyclic) bond motifs is 2. The summed E-state index contributed by atoms with van der Waals surface area (Å²) in [5.74, 6) is 1.48. The van der Waals surface area contributed by atoms with Crippen LogP contribution in [0.4, 0.5) is 0 Å². The zero-order chi connectivity index (χ0) is 18.6. The Kier molecular flexibility index (Phi) is 3.37. The van der Waals surface area contributed by atoms with Gasteiger partial charge in [0.1, 0.15) is 17.2 Å². The van der Waals surface area contributed by atoms with Crippen LogP contribution in [0.1, 0.15) is 39.4 Å². The smallest absolute Gasteiger partial charge is 0.254 e. The highest BCUT2D eigenvalue weighted by atomic mass is 16.5. The van der Waals surface area contributed by atoms with Crippen LogP contribution in [0.3, 0.4) is 0 Å². The van der Waals surface area contributed by atoms with Gasteiger partial charge in [-0.2, -0.15) is 0 Å². The molecule has 1 aromatic heterocycles. The molecule has 1 N–H and O–H groups in total.